The van der Waals surface area contributed by atoms with Crippen LogP contribution in [-0.2, 0) is 14.3 Å². The smallest absolute Gasteiger partial charge is 0.272 e. The Kier molecular flexibility index (Phi) is 10.6. The zero-order valence-corrected chi connectivity index (χ0v) is 22.2. The fraction of sp³-hybridized carbons (Fsp3) is 0.520. The molecule has 0 radical (unpaired) electrons. The van der Waals surface area contributed by atoms with Crippen LogP contribution in [0.5, 0.6) is 0 Å². The van der Waals surface area contributed by atoms with Crippen LogP contribution in [0.15, 0.2) is 46.7 Å². The van der Waals surface area contributed by atoms with Crippen LogP contribution < -0.4 is 16.4 Å². The van der Waals surface area contributed by atoms with Gasteiger partial charge in [-0.05, 0) is 44.4 Å². The summed E-state index contributed by atoms with van der Waals surface area (Å²) in [6, 6.07) is 5.51. The van der Waals surface area contributed by atoms with E-state index in [9.17, 15) is 9.18 Å². The molecule has 2 fully saturated rings. The minimum absolute atomic E-state index is 0.0163. The molecule has 36 heavy (non-hydrogen) atoms. The monoisotopic (exact) mass is 541 g/mol. The van der Waals surface area contributed by atoms with Crippen molar-refractivity contribution in [1.82, 2.24) is 10.2 Å². The minimum Gasteiger partial charge on any atom is -0.385 e. The number of methoxy groups -OCH3 is 1. The Balaban J connectivity index is 1.70. The molecule has 2 heterocycles. The van der Waals surface area contributed by atoms with E-state index in [2.05, 4.69) is 22.2 Å². The second kappa shape index (κ2) is 13.4. The Morgan fingerprint density at radius 3 is 2.67 bits per heavy atom. The van der Waals surface area contributed by atoms with Crippen molar-refractivity contribution in [2.24, 2.45) is 10.7 Å². The van der Waals surface area contributed by atoms with E-state index in [-0.39, 0.29) is 35.6 Å². The van der Waals surface area contributed by atoms with Crippen LogP contribution in [0.1, 0.15) is 26.2 Å². The second-order valence-corrected chi connectivity index (χ2v) is 9.73. The van der Waals surface area contributed by atoms with Crippen molar-refractivity contribution >= 4 is 40.6 Å². The molecule has 1 aromatic rings. The molecule has 2 aliphatic rings. The summed E-state index contributed by atoms with van der Waals surface area (Å²) >= 11 is 12.1. The summed E-state index contributed by atoms with van der Waals surface area (Å²) in [5, 5.41) is 7.56. The average molecular weight is 542 g/mol. The van der Waals surface area contributed by atoms with E-state index in [1.807, 2.05) is 0 Å². The first-order chi connectivity index (χ1) is 17.2. The number of hydrogen-bond donors (Lipinski definition) is 3. The number of rotatable bonds is 9. The minimum atomic E-state index is -0.964. The molecule has 4 N–H and O–H groups in total. The van der Waals surface area contributed by atoms with Crippen LogP contribution in [0.3, 0.4) is 0 Å². The standard InChI is InChI=1S/C25H34Cl2FN5O3/c1-15(16(2)30-18-4-5-19(26)20(27)12-18)24(32-23(29)13-28)25(34)33-9-6-17(7-10-33)31-21-8-11-36-14-22(21)35-3/h4-5,12,17,21-22,30-31H,2,6-11,13-14H2,1,3H3,(H2,29,32)/b24-15-/t21-,22+/m1/s1. The Morgan fingerprint density at radius 2 is 2.03 bits per heavy atom. The molecule has 0 unspecified atom stereocenters. The summed E-state index contributed by atoms with van der Waals surface area (Å²) in [6.45, 7) is 7.10. The second-order valence-electron chi connectivity index (χ2n) is 8.92. The lowest BCUT2D eigenvalue weighted by molar-refractivity contribution is -0.128. The molecule has 2 atom stereocenters. The SMILES string of the molecule is C=C(Nc1ccc(Cl)c(Cl)c1)/C(C)=C(\N=C(/N)CF)C(=O)N1CCC(N[C@@H]2CCOC[C@@H]2OC)CC1. The number of amides is 1. The van der Waals surface area contributed by atoms with Gasteiger partial charge in [-0.15, -0.1) is 0 Å². The number of benzene rings is 1. The van der Waals surface area contributed by atoms with Crippen molar-refractivity contribution in [2.45, 2.75) is 44.4 Å². The molecule has 0 spiro atoms. The molecule has 0 saturated carbocycles. The molecule has 3 rings (SSSR count). The van der Waals surface area contributed by atoms with Gasteiger partial charge in [0.1, 0.15) is 18.2 Å². The van der Waals surface area contributed by atoms with Gasteiger partial charge in [-0.2, -0.15) is 0 Å². The van der Waals surface area contributed by atoms with Gasteiger partial charge in [0.2, 0.25) is 0 Å². The van der Waals surface area contributed by atoms with Gasteiger partial charge in [0, 0.05) is 55.8 Å². The topological polar surface area (TPSA) is 101 Å². The van der Waals surface area contributed by atoms with Crippen molar-refractivity contribution in [1.29, 1.82) is 0 Å². The lowest BCUT2D eigenvalue weighted by atomic mass is 9.99. The third-order valence-corrected chi connectivity index (χ3v) is 7.20. The molecule has 2 aliphatic heterocycles. The summed E-state index contributed by atoms with van der Waals surface area (Å²) in [5.41, 5.74) is 7.23. The molecule has 8 nitrogen and oxygen atoms in total. The molecule has 2 saturated heterocycles. The molecular formula is C25H34Cl2FN5O3. The molecule has 1 amide bonds. The first-order valence-electron chi connectivity index (χ1n) is 11.9. The predicted molar refractivity (Wildman–Crippen MR) is 142 cm³/mol. The first kappa shape index (κ1) is 28.4. The van der Waals surface area contributed by atoms with Gasteiger partial charge in [-0.25, -0.2) is 9.38 Å². The number of halogens is 3. The number of nitrogens with zero attached hydrogens (tertiary/aromatic N) is 2. The van der Waals surface area contributed by atoms with Gasteiger partial charge in [0.15, 0.2) is 0 Å². The number of hydrogen-bond acceptors (Lipinski definition) is 6. The predicted octanol–water partition coefficient (Wildman–Crippen LogP) is 3.90. The number of ether oxygens (including phenoxy) is 2. The molecule has 1 aromatic carbocycles. The summed E-state index contributed by atoms with van der Waals surface area (Å²) in [5.74, 6) is -0.595. The lowest BCUT2D eigenvalue weighted by Gasteiger charge is -2.38. The number of anilines is 1. The molecule has 198 valence electrons. The number of aliphatic imine (C=N–C) groups is 1. The Bertz CT molecular complexity index is 1010. The van der Waals surface area contributed by atoms with Crippen LogP contribution in [-0.4, -0.2) is 74.9 Å². The Morgan fingerprint density at radius 1 is 1.31 bits per heavy atom. The Labute approximate surface area is 221 Å². The highest BCUT2D eigenvalue weighted by atomic mass is 35.5. The van der Waals surface area contributed by atoms with Crippen LogP contribution in [0, 0.1) is 0 Å². The van der Waals surface area contributed by atoms with Crippen molar-refractivity contribution in [3.05, 3.63) is 51.8 Å². The number of amidine groups is 1. The molecule has 11 heteroatoms. The summed E-state index contributed by atoms with van der Waals surface area (Å²) in [7, 11) is 1.69. The fourth-order valence-electron chi connectivity index (χ4n) is 4.29. The molecule has 0 aromatic heterocycles. The highest BCUT2D eigenvalue weighted by Gasteiger charge is 2.31. The third-order valence-electron chi connectivity index (χ3n) is 6.46. The molecular weight excluding hydrogens is 508 g/mol. The van der Waals surface area contributed by atoms with Gasteiger partial charge in [0.05, 0.1) is 22.8 Å². The van der Waals surface area contributed by atoms with Crippen LogP contribution in [0.2, 0.25) is 10.0 Å². The number of nitrogens with two attached hydrogens (primary N) is 1. The maximum Gasteiger partial charge on any atom is 0.272 e. The van der Waals surface area contributed by atoms with E-state index < -0.39 is 6.67 Å². The van der Waals surface area contributed by atoms with Gasteiger partial charge in [0.25, 0.3) is 5.91 Å². The van der Waals surface area contributed by atoms with Gasteiger partial charge >= 0.3 is 0 Å². The maximum absolute atomic E-state index is 13.5. The largest absolute Gasteiger partial charge is 0.385 e. The zero-order chi connectivity index (χ0) is 26.2. The number of likely N-dealkylation sites (tertiary alicyclic amines) is 1. The van der Waals surface area contributed by atoms with E-state index >= 15 is 0 Å². The van der Waals surface area contributed by atoms with Crippen LogP contribution >= 0.6 is 23.2 Å². The van der Waals surface area contributed by atoms with Crippen molar-refractivity contribution in [2.75, 3.05) is 45.4 Å². The fourth-order valence-corrected chi connectivity index (χ4v) is 4.59. The first-order valence-corrected chi connectivity index (χ1v) is 12.7. The van der Waals surface area contributed by atoms with Crippen molar-refractivity contribution < 1.29 is 18.7 Å². The lowest BCUT2D eigenvalue weighted by Crippen LogP contribution is -2.54. The average Bonchev–Trinajstić information content (AvgIpc) is 2.89. The quantitative estimate of drug-likeness (QED) is 0.189. The van der Waals surface area contributed by atoms with E-state index in [1.54, 1.807) is 37.1 Å². The summed E-state index contributed by atoms with van der Waals surface area (Å²) in [4.78, 5) is 19.3. The Hall–Kier alpha value is -2.17. The number of allylic oxidation sites excluding steroid dienone is 1. The van der Waals surface area contributed by atoms with Crippen LogP contribution in [0.4, 0.5) is 10.1 Å². The van der Waals surface area contributed by atoms with Crippen molar-refractivity contribution in [3.8, 4) is 0 Å². The normalized spacial score (nSPS) is 22.2. The number of carbonyl (C=O) groups is 1. The highest BCUT2D eigenvalue weighted by Crippen LogP contribution is 2.27. The zero-order valence-electron chi connectivity index (χ0n) is 20.7. The number of nitrogens with one attached hydrogen (secondary N) is 2. The van der Waals surface area contributed by atoms with Crippen LogP contribution in [0.25, 0.3) is 0 Å². The van der Waals surface area contributed by atoms with Gasteiger partial charge in [-0.1, -0.05) is 29.8 Å². The maximum atomic E-state index is 13.5. The number of alkyl halides is 1. The van der Waals surface area contributed by atoms with E-state index in [0.717, 1.165) is 19.3 Å². The van der Waals surface area contributed by atoms with E-state index in [4.69, 9.17) is 38.4 Å². The number of piperidine rings is 1. The van der Waals surface area contributed by atoms with Gasteiger partial charge < -0.3 is 30.7 Å². The molecule has 0 aliphatic carbocycles. The van der Waals surface area contributed by atoms with E-state index in [0.29, 0.717) is 53.3 Å². The number of carbonyl (C=O) groups excluding carboxylic acids is 1. The third kappa shape index (κ3) is 7.43. The summed E-state index contributed by atoms with van der Waals surface area (Å²) < 4.78 is 24.2. The van der Waals surface area contributed by atoms with Crippen molar-refractivity contribution in [3.63, 3.8) is 0 Å². The van der Waals surface area contributed by atoms with E-state index in [1.165, 1.54) is 0 Å². The highest BCUT2D eigenvalue weighted by molar-refractivity contribution is 6.42. The molecule has 0 bridgehead atoms. The summed E-state index contributed by atoms with van der Waals surface area (Å²) in [6.07, 6.45) is 2.45. The van der Waals surface area contributed by atoms with Gasteiger partial charge in [-0.3, -0.25) is 4.79 Å².